The molecular weight excluding hydrogens is 294 g/mol. The molecule has 0 radical (unpaired) electrons. The number of aromatic nitrogens is 3. The minimum absolute atomic E-state index is 0.0291. The summed E-state index contributed by atoms with van der Waals surface area (Å²) in [6.07, 6.45) is 2.51. The number of hydrogen-bond donors (Lipinski definition) is 1. The lowest BCUT2D eigenvalue weighted by atomic mass is 10.2. The van der Waals surface area contributed by atoms with Gasteiger partial charge in [0.1, 0.15) is 12.1 Å². The average Bonchev–Trinajstić information content (AvgIpc) is 2.90. The second-order valence-electron chi connectivity index (χ2n) is 5.50. The topological polar surface area (TPSA) is 77.1 Å². The van der Waals surface area contributed by atoms with Crippen molar-refractivity contribution >= 4 is 17.3 Å². The van der Waals surface area contributed by atoms with Gasteiger partial charge >= 0.3 is 0 Å². The van der Waals surface area contributed by atoms with E-state index in [9.17, 15) is 14.7 Å². The maximum atomic E-state index is 11.9. The van der Waals surface area contributed by atoms with Crippen LogP contribution in [0.15, 0.2) is 35.3 Å². The van der Waals surface area contributed by atoms with Crippen LogP contribution in [0.25, 0.3) is 22.4 Å². The zero-order valence-electron chi connectivity index (χ0n) is 13.0. The predicted molar refractivity (Wildman–Crippen MR) is 87.6 cm³/mol. The summed E-state index contributed by atoms with van der Waals surface area (Å²) < 4.78 is 3.41. The molecule has 0 unspecified atom stereocenters. The fraction of sp³-hybridized carbons (Fsp3) is 0.235. The van der Waals surface area contributed by atoms with Crippen LogP contribution in [0.2, 0.25) is 0 Å². The Hall–Kier alpha value is -2.73. The molecule has 0 atom stereocenters. The molecule has 1 aromatic carbocycles. The van der Waals surface area contributed by atoms with E-state index in [4.69, 9.17) is 0 Å². The largest absolute Gasteiger partial charge is 0.395 e. The minimum atomic E-state index is -0.0539. The van der Waals surface area contributed by atoms with E-state index in [0.29, 0.717) is 29.0 Å². The number of carbonyl (C=O) groups is 1. The first-order valence-corrected chi connectivity index (χ1v) is 7.29. The second kappa shape index (κ2) is 5.81. The van der Waals surface area contributed by atoms with Gasteiger partial charge in [0.15, 0.2) is 0 Å². The van der Waals surface area contributed by atoms with Crippen LogP contribution < -0.4 is 5.56 Å². The van der Waals surface area contributed by atoms with Crippen LogP contribution >= 0.6 is 0 Å². The number of aliphatic hydroxyl groups is 1. The van der Waals surface area contributed by atoms with E-state index >= 15 is 0 Å². The number of nitrogens with zero attached hydrogens (tertiary/aromatic N) is 3. The summed E-state index contributed by atoms with van der Waals surface area (Å²) in [5.41, 5.74) is 3.44. The third kappa shape index (κ3) is 2.57. The molecule has 2 heterocycles. The van der Waals surface area contributed by atoms with Crippen LogP contribution in [-0.2, 0) is 13.6 Å². The van der Waals surface area contributed by atoms with Crippen LogP contribution in [0.5, 0.6) is 0 Å². The number of aldehydes is 1. The number of fused-ring (bicyclic) bond motifs is 1. The Labute approximate surface area is 132 Å². The monoisotopic (exact) mass is 311 g/mol. The number of benzene rings is 1. The van der Waals surface area contributed by atoms with E-state index in [0.717, 1.165) is 17.4 Å². The highest BCUT2D eigenvalue weighted by Gasteiger charge is 2.14. The highest BCUT2D eigenvalue weighted by atomic mass is 16.3. The smallest absolute Gasteiger partial charge is 0.253 e. The van der Waals surface area contributed by atoms with Crippen LogP contribution in [-0.4, -0.2) is 32.1 Å². The van der Waals surface area contributed by atoms with Gasteiger partial charge in [-0.05, 0) is 31.2 Å². The van der Waals surface area contributed by atoms with E-state index in [1.54, 1.807) is 38.4 Å². The van der Waals surface area contributed by atoms with Gasteiger partial charge in [-0.25, -0.2) is 4.98 Å². The molecule has 6 heteroatoms. The summed E-state index contributed by atoms with van der Waals surface area (Å²) >= 11 is 0. The van der Waals surface area contributed by atoms with Crippen molar-refractivity contribution in [1.29, 1.82) is 0 Å². The van der Waals surface area contributed by atoms with Crippen molar-refractivity contribution < 1.29 is 9.90 Å². The van der Waals surface area contributed by atoms with Crippen molar-refractivity contribution in [1.82, 2.24) is 14.1 Å². The molecular formula is C17H17N3O3. The fourth-order valence-electron chi connectivity index (χ4n) is 2.77. The molecule has 0 aliphatic heterocycles. The number of rotatable bonds is 4. The molecule has 0 fully saturated rings. The third-order valence-corrected chi connectivity index (χ3v) is 3.85. The Bertz CT molecular complexity index is 927. The number of hydrogen-bond acceptors (Lipinski definition) is 4. The first kappa shape index (κ1) is 15.2. The quantitative estimate of drug-likeness (QED) is 0.741. The summed E-state index contributed by atoms with van der Waals surface area (Å²) in [5, 5.41) is 9.36. The van der Waals surface area contributed by atoms with Gasteiger partial charge in [0.25, 0.3) is 5.56 Å². The normalized spacial score (nSPS) is 11.1. The van der Waals surface area contributed by atoms with Gasteiger partial charge in [-0.15, -0.1) is 0 Å². The fourth-order valence-corrected chi connectivity index (χ4v) is 2.77. The van der Waals surface area contributed by atoms with E-state index in [1.165, 1.54) is 4.57 Å². The third-order valence-electron chi connectivity index (χ3n) is 3.85. The van der Waals surface area contributed by atoms with Gasteiger partial charge in [0.05, 0.1) is 17.6 Å². The number of imidazole rings is 1. The summed E-state index contributed by atoms with van der Waals surface area (Å²) in [5.74, 6) is 0.663. The van der Waals surface area contributed by atoms with Gasteiger partial charge in [-0.1, -0.05) is 0 Å². The molecule has 0 aliphatic rings. The minimum Gasteiger partial charge on any atom is -0.395 e. The first-order valence-electron chi connectivity index (χ1n) is 7.29. The zero-order chi connectivity index (χ0) is 16.6. The lowest BCUT2D eigenvalue weighted by molar-refractivity contribution is 0.112. The molecule has 6 nitrogen and oxygen atoms in total. The molecule has 0 saturated carbocycles. The highest BCUT2D eigenvalue weighted by molar-refractivity contribution is 5.87. The van der Waals surface area contributed by atoms with Gasteiger partial charge in [-0.3, -0.25) is 9.59 Å². The molecule has 0 amide bonds. The summed E-state index contributed by atoms with van der Waals surface area (Å²) in [4.78, 5) is 27.4. The molecule has 118 valence electrons. The maximum absolute atomic E-state index is 11.9. The van der Waals surface area contributed by atoms with E-state index in [-0.39, 0.29) is 12.2 Å². The molecule has 3 rings (SSSR count). The van der Waals surface area contributed by atoms with Gasteiger partial charge in [0.2, 0.25) is 0 Å². The van der Waals surface area contributed by atoms with Crippen molar-refractivity contribution in [3.05, 3.63) is 51.9 Å². The van der Waals surface area contributed by atoms with Crippen LogP contribution in [0.1, 0.15) is 15.9 Å². The molecule has 0 spiro atoms. The molecule has 2 aromatic heterocycles. The maximum Gasteiger partial charge on any atom is 0.253 e. The van der Waals surface area contributed by atoms with Gasteiger partial charge in [0, 0.05) is 36.5 Å². The zero-order valence-corrected chi connectivity index (χ0v) is 13.0. The van der Waals surface area contributed by atoms with Crippen LogP contribution in [0, 0.1) is 6.92 Å². The Balaban J connectivity index is 2.29. The van der Waals surface area contributed by atoms with Gasteiger partial charge in [-0.2, -0.15) is 0 Å². The molecule has 1 N–H and O–H groups in total. The Morgan fingerprint density at radius 2 is 2.09 bits per heavy atom. The van der Waals surface area contributed by atoms with Crippen molar-refractivity contribution in [3.8, 4) is 11.4 Å². The second-order valence-corrected chi connectivity index (χ2v) is 5.50. The summed E-state index contributed by atoms with van der Waals surface area (Å²) in [6.45, 7) is 2.11. The average molecular weight is 311 g/mol. The lowest BCUT2D eigenvalue weighted by Gasteiger charge is -2.09. The molecule has 3 aromatic rings. The highest BCUT2D eigenvalue weighted by Crippen LogP contribution is 2.25. The SMILES string of the molecule is Cc1cc(-c2nc3cc(C=O)ccc3n2CCO)cn(C)c1=O. The summed E-state index contributed by atoms with van der Waals surface area (Å²) in [6, 6.07) is 7.05. The van der Waals surface area contributed by atoms with E-state index in [1.807, 2.05) is 10.6 Å². The van der Waals surface area contributed by atoms with Crippen molar-refractivity contribution in [2.24, 2.45) is 7.05 Å². The Kier molecular flexibility index (Phi) is 3.83. The number of pyridine rings is 1. The molecule has 0 bridgehead atoms. The molecule has 0 saturated heterocycles. The van der Waals surface area contributed by atoms with Crippen LogP contribution in [0.3, 0.4) is 0 Å². The van der Waals surface area contributed by atoms with Crippen molar-refractivity contribution in [2.45, 2.75) is 13.5 Å². The van der Waals surface area contributed by atoms with Crippen molar-refractivity contribution in [2.75, 3.05) is 6.61 Å². The number of carbonyl (C=O) groups excluding carboxylic acids is 1. The van der Waals surface area contributed by atoms with E-state index < -0.39 is 0 Å². The number of aliphatic hydroxyl groups excluding tert-OH is 1. The Morgan fingerprint density at radius 3 is 2.74 bits per heavy atom. The van der Waals surface area contributed by atoms with E-state index in [2.05, 4.69) is 4.98 Å². The summed E-state index contributed by atoms with van der Waals surface area (Å²) in [7, 11) is 1.70. The lowest BCUT2D eigenvalue weighted by Crippen LogP contribution is -2.19. The number of aryl methyl sites for hydroxylation is 2. The Morgan fingerprint density at radius 1 is 1.30 bits per heavy atom. The predicted octanol–water partition coefficient (Wildman–Crippen LogP) is 1.52. The van der Waals surface area contributed by atoms with Gasteiger partial charge < -0.3 is 14.2 Å². The van der Waals surface area contributed by atoms with Crippen molar-refractivity contribution in [3.63, 3.8) is 0 Å². The van der Waals surface area contributed by atoms with Crippen LogP contribution in [0.4, 0.5) is 0 Å². The molecule has 0 aliphatic carbocycles. The standard InChI is InChI=1S/C17H17N3O3/c1-11-7-13(9-19(2)17(11)23)16-18-14-8-12(10-22)3-4-15(14)20(16)5-6-21/h3-4,7-10,21H,5-6H2,1-2H3. The molecule has 23 heavy (non-hydrogen) atoms. The first-order chi connectivity index (χ1) is 11.0.